The number of benzene rings is 2. The van der Waals surface area contributed by atoms with Gasteiger partial charge in [0, 0.05) is 24.2 Å². The van der Waals surface area contributed by atoms with Crippen molar-refractivity contribution < 1.29 is 5.11 Å². The summed E-state index contributed by atoms with van der Waals surface area (Å²) >= 11 is 0. The van der Waals surface area contributed by atoms with Crippen molar-refractivity contribution in [2.45, 2.75) is 26.4 Å². The maximum atomic E-state index is 10.6. The molecule has 0 amide bonds. The van der Waals surface area contributed by atoms with E-state index >= 15 is 0 Å². The molecule has 0 spiro atoms. The number of rotatable bonds is 3. The predicted octanol–water partition coefficient (Wildman–Crippen LogP) is 4.13. The van der Waals surface area contributed by atoms with Crippen molar-refractivity contribution in [1.82, 2.24) is 4.98 Å². The third kappa shape index (κ3) is 2.96. The Bertz CT molecular complexity index is 754. The van der Waals surface area contributed by atoms with Crippen molar-refractivity contribution in [3.8, 4) is 0 Å². The van der Waals surface area contributed by atoms with Crippen molar-refractivity contribution >= 4 is 10.8 Å². The van der Waals surface area contributed by atoms with Crippen LogP contribution in [0.5, 0.6) is 0 Å². The van der Waals surface area contributed by atoms with Crippen molar-refractivity contribution in [1.29, 1.82) is 0 Å². The summed E-state index contributed by atoms with van der Waals surface area (Å²) in [5, 5.41) is 12.8. The Hall–Kier alpha value is -2.19. The number of aliphatic hydroxyl groups is 1. The second kappa shape index (κ2) is 5.66. The molecule has 3 rings (SSSR count). The SMILES string of the molecule is Cc1cc(C)cc(CC(O)c2cccc3ccncc23)c1. The highest BCUT2D eigenvalue weighted by atomic mass is 16.3. The Balaban J connectivity index is 1.95. The average molecular weight is 277 g/mol. The van der Waals surface area contributed by atoms with Gasteiger partial charge >= 0.3 is 0 Å². The van der Waals surface area contributed by atoms with E-state index in [1.807, 2.05) is 30.5 Å². The molecule has 1 heterocycles. The lowest BCUT2D eigenvalue weighted by molar-refractivity contribution is 0.180. The van der Waals surface area contributed by atoms with E-state index in [0.717, 1.165) is 16.3 Å². The molecule has 0 radical (unpaired) electrons. The molecule has 2 aromatic carbocycles. The molecular weight excluding hydrogens is 258 g/mol. The minimum absolute atomic E-state index is 0.515. The fraction of sp³-hybridized carbons (Fsp3) is 0.211. The van der Waals surface area contributed by atoms with Crippen LogP contribution in [-0.2, 0) is 6.42 Å². The third-order valence-corrected chi connectivity index (χ3v) is 3.79. The van der Waals surface area contributed by atoms with E-state index in [4.69, 9.17) is 0 Å². The van der Waals surface area contributed by atoms with Gasteiger partial charge in [0.25, 0.3) is 0 Å². The molecule has 0 saturated heterocycles. The van der Waals surface area contributed by atoms with Gasteiger partial charge in [-0.25, -0.2) is 0 Å². The van der Waals surface area contributed by atoms with Gasteiger partial charge in [-0.1, -0.05) is 47.5 Å². The number of fused-ring (bicyclic) bond motifs is 1. The first kappa shape index (κ1) is 13.8. The quantitative estimate of drug-likeness (QED) is 0.781. The first-order valence-electron chi connectivity index (χ1n) is 7.21. The first-order chi connectivity index (χ1) is 10.1. The fourth-order valence-corrected chi connectivity index (χ4v) is 2.95. The van der Waals surface area contributed by atoms with Crippen LogP contribution in [0.3, 0.4) is 0 Å². The first-order valence-corrected chi connectivity index (χ1v) is 7.21. The maximum Gasteiger partial charge on any atom is 0.0836 e. The number of nitrogens with zero attached hydrogens (tertiary/aromatic N) is 1. The van der Waals surface area contributed by atoms with Crippen LogP contribution in [0.25, 0.3) is 10.8 Å². The highest BCUT2D eigenvalue weighted by molar-refractivity contribution is 5.85. The molecule has 0 aliphatic heterocycles. The summed E-state index contributed by atoms with van der Waals surface area (Å²) in [5.74, 6) is 0. The number of hydrogen-bond acceptors (Lipinski definition) is 2. The Morgan fingerprint density at radius 1 is 1.05 bits per heavy atom. The summed E-state index contributed by atoms with van der Waals surface area (Å²) in [5.41, 5.74) is 4.58. The highest BCUT2D eigenvalue weighted by Crippen LogP contribution is 2.26. The maximum absolute atomic E-state index is 10.6. The molecular formula is C19H19NO. The van der Waals surface area contributed by atoms with E-state index in [9.17, 15) is 5.11 Å². The summed E-state index contributed by atoms with van der Waals surface area (Å²) in [6.07, 6.45) is 3.72. The molecule has 1 unspecified atom stereocenters. The summed E-state index contributed by atoms with van der Waals surface area (Å²) in [6.45, 7) is 4.18. The van der Waals surface area contributed by atoms with Gasteiger partial charge in [0.15, 0.2) is 0 Å². The molecule has 2 heteroatoms. The normalized spacial score (nSPS) is 12.5. The van der Waals surface area contributed by atoms with E-state index in [0.29, 0.717) is 6.42 Å². The van der Waals surface area contributed by atoms with Crippen LogP contribution in [-0.4, -0.2) is 10.1 Å². The molecule has 21 heavy (non-hydrogen) atoms. The zero-order valence-electron chi connectivity index (χ0n) is 12.4. The fourth-order valence-electron chi connectivity index (χ4n) is 2.95. The zero-order valence-corrected chi connectivity index (χ0v) is 12.4. The molecule has 0 fully saturated rings. The van der Waals surface area contributed by atoms with Gasteiger partial charge < -0.3 is 5.11 Å². The predicted molar refractivity (Wildman–Crippen MR) is 86.3 cm³/mol. The van der Waals surface area contributed by atoms with Crippen LogP contribution in [0.1, 0.15) is 28.4 Å². The topological polar surface area (TPSA) is 33.1 Å². The van der Waals surface area contributed by atoms with Crippen LogP contribution >= 0.6 is 0 Å². The lowest BCUT2D eigenvalue weighted by Gasteiger charge is -2.14. The van der Waals surface area contributed by atoms with Crippen molar-refractivity contribution in [3.63, 3.8) is 0 Å². The van der Waals surface area contributed by atoms with Gasteiger partial charge in [-0.3, -0.25) is 4.98 Å². The zero-order chi connectivity index (χ0) is 14.8. The number of hydrogen-bond donors (Lipinski definition) is 1. The number of aromatic nitrogens is 1. The second-order valence-electron chi connectivity index (χ2n) is 5.66. The van der Waals surface area contributed by atoms with Gasteiger partial charge in [-0.05, 0) is 36.4 Å². The van der Waals surface area contributed by atoms with E-state index in [2.05, 4.69) is 37.0 Å². The van der Waals surface area contributed by atoms with Crippen molar-refractivity contribution in [2.75, 3.05) is 0 Å². The van der Waals surface area contributed by atoms with Crippen molar-refractivity contribution in [3.05, 3.63) is 77.1 Å². The lowest BCUT2D eigenvalue weighted by Crippen LogP contribution is -2.03. The second-order valence-corrected chi connectivity index (χ2v) is 5.66. The smallest absolute Gasteiger partial charge is 0.0836 e. The summed E-state index contributed by atoms with van der Waals surface area (Å²) in [6, 6.07) is 14.4. The lowest BCUT2D eigenvalue weighted by atomic mass is 9.96. The number of aryl methyl sites for hydroxylation is 2. The Morgan fingerprint density at radius 3 is 2.57 bits per heavy atom. The van der Waals surface area contributed by atoms with E-state index in [1.54, 1.807) is 6.20 Å². The van der Waals surface area contributed by atoms with Gasteiger partial charge in [0.2, 0.25) is 0 Å². The van der Waals surface area contributed by atoms with Crippen molar-refractivity contribution in [2.24, 2.45) is 0 Å². The van der Waals surface area contributed by atoms with Gasteiger partial charge in [0.1, 0.15) is 0 Å². The molecule has 3 aromatic rings. The minimum Gasteiger partial charge on any atom is -0.388 e. The largest absolute Gasteiger partial charge is 0.388 e. The molecule has 2 nitrogen and oxygen atoms in total. The highest BCUT2D eigenvalue weighted by Gasteiger charge is 2.12. The standard InChI is InChI=1S/C19H19NO/c1-13-8-14(2)10-15(9-13)11-19(21)17-5-3-4-16-6-7-20-12-18(16)17/h3-10,12,19,21H,11H2,1-2H3. The van der Waals surface area contributed by atoms with Crippen LogP contribution in [0.4, 0.5) is 0 Å². The van der Waals surface area contributed by atoms with Crippen LogP contribution < -0.4 is 0 Å². The Kier molecular flexibility index (Phi) is 3.72. The minimum atomic E-state index is -0.515. The third-order valence-electron chi connectivity index (χ3n) is 3.79. The molecule has 0 aliphatic carbocycles. The van der Waals surface area contributed by atoms with E-state index in [-0.39, 0.29) is 0 Å². The molecule has 1 aromatic heterocycles. The molecule has 0 saturated carbocycles. The Morgan fingerprint density at radius 2 is 1.81 bits per heavy atom. The van der Waals surface area contributed by atoms with E-state index < -0.39 is 6.10 Å². The summed E-state index contributed by atoms with van der Waals surface area (Å²) in [4.78, 5) is 4.18. The molecule has 0 aliphatic rings. The van der Waals surface area contributed by atoms with Gasteiger partial charge in [0.05, 0.1) is 6.10 Å². The Labute approximate surface area is 125 Å². The molecule has 0 bridgehead atoms. The number of aliphatic hydroxyl groups excluding tert-OH is 1. The van der Waals surface area contributed by atoms with Crippen LogP contribution in [0.15, 0.2) is 54.9 Å². The van der Waals surface area contributed by atoms with Crippen LogP contribution in [0.2, 0.25) is 0 Å². The molecule has 106 valence electrons. The molecule has 1 atom stereocenters. The van der Waals surface area contributed by atoms with Gasteiger partial charge in [-0.2, -0.15) is 0 Å². The average Bonchev–Trinajstić information content (AvgIpc) is 2.45. The molecule has 1 N–H and O–H groups in total. The summed E-state index contributed by atoms with van der Waals surface area (Å²) < 4.78 is 0. The summed E-state index contributed by atoms with van der Waals surface area (Å²) in [7, 11) is 0. The van der Waals surface area contributed by atoms with Gasteiger partial charge in [-0.15, -0.1) is 0 Å². The van der Waals surface area contributed by atoms with E-state index in [1.165, 1.54) is 16.7 Å². The monoisotopic (exact) mass is 277 g/mol. The number of pyridine rings is 1. The van der Waals surface area contributed by atoms with Crippen LogP contribution in [0, 0.1) is 13.8 Å².